The van der Waals surface area contributed by atoms with Gasteiger partial charge in [0.05, 0.1) is 0 Å². The summed E-state index contributed by atoms with van der Waals surface area (Å²) in [5.74, 6) is 0.912. The second-order valence-electron chi connectivity index (χ2n) is 6.39. The molecule has 0 saturated carbocycles. The van der Waals surface area contributed by atoms with E-state index in [4.69, 9.17) is 0 Å². The number of anilines is 1. The number of likely N-dealkylation sites (N-methyl/N-ethyl adjacent to an activating group) is 1. The first kappa shape index (κ1) is 15.7. The van der Waals surface area contributed by atoms with Crippen LogP contribution in [0.15, 0.2) is 18.3 Å². The molecule has 0 aromatic carbocycles. The molecule has 1 saturated heterocycles. The molecule has 0 radical (unpaired) electrons. The quantitative estimate of drug-likeness (QED) is 0.906. The maximum atomic E-state index is 10.1. The standard InChI is InChI=1S/C17H23N5O/c1-11-7-14(23)17(18-9-11)16-12(2)8-15(20-21-16)19-13-5-4-6-22(3)10-13/h7-9,13,23H,4-6,10H2,1-3H3,(H,19,20). The van der Waals surface area contributed by atoms with Crippen molar-refractivity contribution >= 4 is 5.82 Å². The van der Waals surface area contributed by atoms with Gasteiger partial charge in [0, 0.05) is 18.8 Å². The minimum absolute atomic E-state index is 0.136. The van der Waals surface area contributed by atoms with Crippen LogP contribution >= 0.6 is 0 Å². The van der Waals surface area contributed by atoms with Crippen LogP contribution in [-0.4, -0.2) is 51.4 Å². The normalized spacial score (nSPS) is 18.8. The van der Waals surface area contributed by atoms with Gasteiger partial charge in [0.2, 0.25) is 0 Å². The zero-order chi connectivity index (χ0) is 16.4. The van der Waals surface area contributed by atoms with Crippen LogP contribution in [0.1, 0.15) is 24.0 Å². The van der Waals surface area contributed by atoms with Gasteiger partial charge in [-0.25, -0.2) is 0 Å². The Hall–Kier alpha value is -2.21. The molecule has 1 atom stereocenters. The van der Waals surface area contributed by atoms with Gasteiger partial charge in [0.25, 0.3) is 0 Å². The van der Waals surface area contributed by atoms with E-state index in [9.17, 15) is 5.11 Å². The third-order valence-electron chi connectivity index (χ3n) is 4.19. The lowest BCUT2D eigenvalue weighted by Crippen LogP contribution is -2.39. The van der Waals surface area contributed by atoms with Crippen LogP contribution in [0.4, 0.5) is 5.82 Å². The van der Waals surface area contributed by atoms with E-state index >= 15 is 0 Å². The van der Waals surface area contributed by atoms with Crippen molar-refractivity contribution in [2.24, 2.45) is 0 Å². The lowest BCUT2D eigenvalue weighted by atomic mass is 10.1. The molecular weight excluding hydrogens is 290 g/mol. The Bertz CT molecular complexity index is 703. The summed E-state index contributed by atoms with van der Waals surface area (Å²) in [5.41, 5.74) is 2.95. The number of likely N-dealkylation sites (tertiary alicyclic amines) is 1. The maximum absolute atomic E-state index is 10.1. The third-order valence-corrected chi connectivity index (χ3v) is 4.19. The van der Waals surface area contributed by atoms with Gasteiger partial charge in [-0.05, 0) is 63.5 Å². The molecule has 1 aliphatic heterocycles. The van der Waals surface area contributed by atoms with Gasteiger partial charge < -0.3 is 15.3 Å². The zero-order valence-corrected chi connectivity index (χ0v) is 13.9. The van der Waals surface area contributed by atoms with E-state index in [2.05, 4.69) is 32.4 Å². The largest absolute Gasteiger partial charge is 0.506 e. The van der Waals surface area contributed by atoms with Crippen molar-refractivity contribution in [3.05, 3.63) is 29.5 Å². The highest BCUT2D eigenvalue weighted by atomic mass is 16.3. The number of aromatic hydroxyl groups is 1. The number of aryl methyl sites for hydroxylation is 2. The first-order valence-corrected chi connectivity index (χ1v) is 7.98. The van der Waals surface area contributed by atoms with Crippen molar-refractivity contribution in [2.45, 2.75) is 32.7 Å². The summed E-state index contributed by atoms with van der Waals surface area (Å²) in [6.45, 7) is 6.02. The maximum Gasteiger partial charge on any atom is 0.149 e. The molecule has 1 unspecified atom stereocenters. The Morgan fingerprint density at radius 3 is 2.74 bits per heavy atom. The number of hydrogen-bond donors (Lipinski definition) is 2. The number of aromatic nitrogens is 3. The number of rotatable bonds is 3. The highest BCUT2D eigenvalue weighted by Crippen LogP contribution is 2.28. The van der Waals surface area contributed by atoms with Crippen LogP contribution in [-0.2, 0) is 0 Å². The lowest BCUT2D eigenvalue weighted by Gasteiger charge is -2.30. The molecule has 0 bridgehead atoms. The van der Waals surface area contributed by atoms with E-state index in [0.29, 0.717) is 17.4 Å². The number of pyridine rings is 1. The van der Waals surface area contributed by atoms with E-state index < -0.39 is 0 Å². The fourth-order valence-electron chi connectivity index (χ4n) is 3.02. The SMILES string of the molecule is Cc1cnc(-c2nnc(NC3CCCN(C)C3)cc2C)c(O)c1. The first-order valence-electron chi connectivity index (χ1n) is 7.98. The molecule has 0 aliphatic carbocycles. The van der Waals surface area contributed by atoms with Gasteiger partial charge >= 0.3 is 0 Å². The van der Waals surface area contributed by atoms with Crippen molar-refractivity contribution in [2.75, 3.05) is 25.5 Å². The average molecular weight is 313 g/mol. The number of hydrogen-bond acceptors (Lipinski definition) is 6. The smallest absolute Gasteiger partial charge is 0.149 e. The number of nitrogens with one attached hydrogen (secondary N) is 1. The molecule has 3 heterocycles. The predicted octanol–water partition coefficient (Wildman–Crippen LogP) is 2.37. The van der Waals surface area contributed by atoms with Crippen LogP contribution in [0.25, 0.3) is 11.4 Å². The van der Waals surface area contributed by atoms with E-state index in [1.807, 2.05) is 19.9 Å². The van der Waals surface area contributed by atoms with Gasteiger partial charge in [0.15, 0.2) is 0 Å². The Balaban J connectivity index is 1.80. The molecule has 0 amide bonds. The monoisotopic (exact) mass is 313 g/mol. The van der Waals surface area contributed by atoms with Crippen LogP contribution < -0.4 is 5.32 Å². The third kappa shape index (κ3) is 3.59. The summed E-state index contributed by atoms with van der Waals surface area (Å²) in [7, 11) is 2.14. The van der Waals surface area contributed by atoms with Crippen molar-refractivity contribution in [3.8, 4) is 17.1 Å². The van der Waals surface area contributed by atoms with Crippen LogP contribution in [0.3, 0.4) is 0 Å². The highest BCUT2D eigenvalue weighted by Gasteiger charge is 2.18. The Labute approximate surface area is 136 Å². The van der Waals surface area contributed by atoms with Gasteiger partial charge in [-0.1, -0.05) is 0 Å². The molecular formula is C17H23N5O. The zero-order valence-electron chi connectivity index (χ0n) is 13.9. The molecule has 2 N–H and O–H groups in total. The summed E-state index contributed by atoms with van der Waals surface area (Å²) in [4.78, 5) is 6.61. The summed E-state index contributed by atoms with van der Waals surface area (Å²) >= 11 is 0. The summed E-state index contributed by atoms with van der Waals surface area (Å²) in [5, 5.41) is 22.1. The molecule has 3 rings (SSSR count). The molecule has 122 valence electrons. The van der Waals surface area contributed by atoms with E-state index in [1.165, 1.54) is 6.42 Å². The minimum atomic E-state index is 0.136. The molecule has 6 nitrogen and oxygen atoms in total. The van der Waals surface area contributed by atoms with Crippen molar-refractivity contribution in [1.82, 2.24) is 20.1 Å². The fraction of sp³-hybridized carbons (Fsp3) is 0.471. The molecule has 1 fully saturated rings. The second kappa shape index (κ2) is 6.50. The van der Waals surface area contributed by atoms with Crippen LogP contribution in [0.5, 0.6) is 5.75 Å². The van der Waals surface area contributed by atoms with Crippen LogP contribution in [0, 0.1) is 13.8 Å². The van der Waals surface area contributed by atoms with Crippen molar-refractivity contribution in [3.63, 3.8) is 0 Å². The topological polar surface area (TPSA) is 74.2 Å². The molecule has 2 aromatic heterocycles. The lowest BCUT2D eigenvalue weighted by molar-refractivity contribution is 0.260. The first-order chi connectivity index (χ1) is 11.0. The second-order valence-corrected chi connectivity index (χ2v) is 6.39. The predicted molar refractivity (Wildman–Crippen MR) is 90.5 cm³/mol. The van der Waals surface area contributed by atoms with E-state index in [-0.39, 0.29) is 5.75 Å². The molecule has 1 aliphatic rings. The molecule has 2 aromatic rings. The van der Waals surface area contributed by atoms with Gasteiger partial charge in [-0.15, -0.1) is 10.2 Å². The van der Waals surface area contributed by atoms with E-state index in [0.717, 1.165) is 36.5 Å². The Morgan fingerprint density at radius 2 is 2.04 bits per heavy atom. The van der Waals surface area contributed by atoms with Crippen molar-refractivity contribution < 1.29 is 5.11 Å². The van der Waals surface area contributed by atoms with Gasteiger partial charge in [0.1, 0.15) is 23.0 Å². The van der Waals surface area contributed by atoms with Crippen LogP contribution in [0.2, 0.25) is 0 Å². The molecule has 23 heavy (non-hydrogen) atoms. The molecule has 0 spiro atoms. The van der Waals surface area contributed by atoms with E-state index in [1.54, 1.807) is 12.3 Å². The molecule has 6 heteroatoms. The minimum Gasteiger partial charge on any atom is -0.506 e. The summed E-state index contributed by atoms with van der Waals surface area (Å²) in [6, 6.07) is 4.06. The highest BCUT2D eigenvalue weighted by molar-refractivity contribution is 5.66. The Morgan fingerprint density at radius 1 is 1.22 bits per heavy atom. The number of nitrogens with zero attached hydrogens (tertiary/aromatic N) is 4. The van der Waals surface area contributed by atoms with Gasteiger partial charge in [-0.2, -0.15) is 0 Å². The average Bonchev–Trinajstić information content (AvgIpc) is 2.48. The Kier molecular flexibility index (Phi) is 4.43. The van der Waals surface area contributed by atoms with Gasteiger partial charge in [-0.3, -0.25) is 4.98 Å². The fourth-order valence-corrected chi connectivity index (χ4v) is 3.02. The summed E-state index contributed by atoms with van der Waals surface area (Å²) in [6.07, 6.45) is 4.06. The van der Waals surface area contributed by atoms with Crippen molar-refractivity contribution in [1.29, 1.82) is 0 Å². The summed E-state index contributed by atoms with van der Waals surface area (Å²) < 4.78 is 0. The number of piperidine rings is 1.